The summed E-state index contributed by atoms with van der Waals surface area (Å²) in [4.78, 5) is 17.2. The van der Waals surface area contributed by atoms with E-state index in [1.54, 1.807) is 61.5 Å². The Morgan fingerprint density at radius 1 is 1.00 bits per heavy atom. The predicted molar refractivity (Wildman–Crippen MR) is 117 cm³/mol. The van der Waals surface area contributed by atoms with E-state index in [0.717, 1.165) is 0 Å². The third-order valence-electron chi connectivity index (χ3n) is 4.69. The Hall–Kier alpha value is -4.20. The van der Waals surface area contributed by atoms with Crippen molar-refractivity contribution in [1.29, 1.82) is 0 Å². The molecule has 0 aliphatic rings. The minimum absolute atomic E-state index is 0.221. The molecule has 7 nitrogen and oxygen atoms in total. The average molecular weight is 433 g/mol. The summed E-state index contributed by atoms with van der Waals surface area (Å²) in [6.07, 6.45) is -0.795. The first-order valence-electron chi connectivity index (χ1n) is 9.84. The number of hydrogen-bond donors (Lipinski definition) is 1. The molecule has 3 aromatic carbocycles. The summed E-state index contributed by atoms with van der Waals surface area (Å²) >= 11 is 0. The van der Waals surface area contributed by atoms with Crippen LogP contribution in [0.25, 0.3) is 22.8 Å². The van der Waals surface area contributed by atoms with E-state index in [4.69, 9.17) is 14.0 Å². The maximum absolute atomic E-state index is 13.2. The number of carbonyl (C=O) groups excluding carboxylic acids is 1. The van der Waals surface area contributed by atoms with Gasteiger partial charge in [0, 0.05) is 5.56 Å². The van der Waals surface area contributed by atoms with Gasteiger partial charge >= 0.3 is 0 Å². The first-order chi connectivity index (χ1) is 15.5. The van der Waals surface area contributed by atoms with Gasteiger partial charge in [-0.25, -0.2) is 4.39 Å². The summed E-state index contributed by atoms with van der Waals surface area (Å²) in [5.74, 6) is 0.822. The van der Waals surface area contributed by atoms with E-state index in [2.05, 4.69) is 15.5 Å². The Balaban J connectivity index is 1.52. The van der Waals surface area contributed by atoms with Gasteiger partial charge in [-0.15, -0.1) is 0 Å². The first-order valence-corrected chi connectivity index (χ1v) is 9.84. The second kappa shape index (κ2) is 9.30. The van der Waals surface area contributed by atoms with Crippen LogP contribution in [0.5, 0.6) is 11.5 Å². The van der Waals surface area contributed by atoms with Crippen molar-refractivity contribution in [2.45, 2.75) is 13.0 Å². The molecule has 1 aromatic heterocycles. The van der Waals surface area contributed by atoms with E-state index in [1.165, 1.54) is 19.2 Å². The lowest BCUT2D eigenvalue weighted by atomic mass is 10.1. The molecule has 4 rings (SSSR count). The molecule has 0 radical (unpaired) electrons. The van der Waals surface area contributed by atoms with E-state index in [1.807, 2.05) is 6.07 Å². The van der Waals surface area contributed by atoms with Gasteiger partial charge in [0.25, 0.3) is 11.8 Å². The van der Waals surface area contributed by atoms with Gasteiger partial charge in [0.1, 0.15) is 5.82 Å². The molecule has 0 fully saturated rings. The highest BCUT2D eigenvalue weighted by Crippen LogP contribution is 2.30. The monoisotopic (exact) mass is 433 g/mol. The zero-order valence-corrected chi connectivity index (χ0v) is 17.4. The van der Waals surface area contributed by atoms with E-state index >= 15 is 0 Å². The van der Waals surface area contributed by atoms with Crippen molar-refractivity contribution >= 4 is 11.6 Å². The van der Waals surface area contributed by atoms with Crippen molar-refractivity contribution in [1.82, 2.24) is 10.1 Å². The zero-order chi connectivity index (χ0) is 22.5. The molecule has 1 N–H and O–H groups in total. The van der Waals surface area contributed by atoms with Crippen LogP contribution >= 0.6 is 0 Å². The minimum atomic E-state index is -0.795. The number of amides is 1. The van der Waals surface area contributed by atoms with Gasteiger partial charge in [-0.1, -0.05) is 29.4 Å². The van der Waals surface area contributed by atoms with Crippen molar-refractivity contribution in [2.75, 3.05) is 12.4 Å². The lowest BCUT2D eigenvalue weighted by Gasteiger charge is -2.17. The number of carbonyl (C=O) groups is 1. The number of halogens is 1. The molecule has 32 heavy (non-hydrogen) atoms. The maximum atomic E-state index is 13.2. The SMILES string of the molecule is COc1ccccc1O[C@H](C)C(=O)Nc1ccccc1-c1nc(-c2ccc(F)cc2)no1. The summed E-state index contributed by atoms with van der Waals surface area (Å²) in [5.41, 5.74) is 1.65. The number of para-hydroxylation sites is 3. The Labute approximate surface area is 183 Å². The summed E-state index contributed by atoms with van der Waals surface area (Å²) < 4.78 is 29.6. The molecule has 1 amide bonds. The fraction of sp³-hybridized carbons (Fsp3) is 0.125. The molecule has 162 valence electrons. The van der Waals surface area contributed by atoms with Crippen LogP contribution in [-0.2, 0) is 4.79 Å². The summed E-state index contributed by atoms with van der Waals surface area (Å²) in [6.45, 7) is 1.64. The van der Waals surface area contributed by atoms with E-state index in [9.17, 15) is 9.18 Å². The molecule has 0 saturated heterocycles. The number of anilines is 1. The molecule has 0 saturated carbocycles. The van der Waals surface area contributed by atoms with Crippen LogP contribution in [0.3, 0.4) is 0 Å². The standard InChI is InChI=1S/C24H20FN3O4/c1-15(31-21-10-6-5-9-20(21)30-2)23(29)26-19-8-4-3-7-18(19)24-27-22(28-32-24)16-11-13-17(25)14-12-16/h3-15H,1-2H3,(H,26,29)/t15-/m1/s1. The van der Waals surface area contributed by atoms with E-state index in [0.29, 0.717) is 34.1 Å². The van der Waals surface area contributed by atoms with E-state index in [-0.39, 0.29) is 17.6 Å². The maximum Gasteiger partial charge on any atom is 0.265 e. The third-order valence-corrected chi connectivity index (χ3v) is 4.69. The normalized spacial score (nSPS) is 11.6. The van der Waals surface area contributed by atoms with Crippen molar-refractivity contribution in [2.24, 2.45) is 0 Å². The minimum Gasteiger partial charge on any atom is -0.493 e. The average Bonchev–Trinajstić information content (AvgIpc) is 3.30. The van der Waals surface area contributed by atoms with Crippen LogP contribution in [0, 0.1) is 5.82 Å². The van der Waals surface area contributed by atoms with Gasteiger partial charge in [0.2, 0.25) is 5.82 Å². The lowest BCUT2D eigenvalue weighted by molar-refractivity contribution is -0.122. The lowest BCUT2D eigenvalue weighted by Crippen LogP contribution is -2.30. The molecule has 0 unspecified atom stereocenters. The number of aromatic nitrogens is 2. The molecular weight excluding hydrogens is 413 g/mol. The second-order valence-electron chi connectivity index (χ2n) is 6.88. The second-order valence-corrected chi connectivity index (χ2v) is 6.88. The van der Waals surface area contributed by atoms with Gasteiger partial charge in [0.05, 0.1) is 18.4 Å². The Bertz CT molecular complexity index is 1220. The molecule has 1 heterocycles. The number of rotatable bonds is 7. The van der Waals surface area contributed by atoms with Crippen LogP contribution in [0.4, 0.5) is 10.1 Å². The quantitative estimate of drug-likeness (QED) is 0.443. The number of benzene rings is 3. The number of nitrogens with zero attached hydrogens (tertiary/aromatic N) is 2. The van der Waals surface area contributed by atoms with Crippen LogP contribution in [-0.4, -0.2) is 29.3 Å². The fourth-order valence-corrected chi connectivity index (χ4v) is 3.02. The zero-order valence-electron chi connectivity index (χ0n) is 17.4. The van der Waals surface area contributed by atoms with Crippen LogP contribution in [0.2, 0.25) is 0 Å². The summed E-state index contributed by atoms with van der Waals surface area (Å²) in [7, 11) is 1.54. The van der Waals surface area contributed by atoms with Crippen LogP contribution in [0.1, 0.15) is 6.92 Å². The van der Waals surface area contributed by atoms with Gasteiger partial charge in [-0.05, 0) is 55.5 Å². The summed E-state index contributed by atoms with van der Waals surface area (Å²) in [6, 6.07) is 19.9. The highest BCUT2D eigenvalue weighted by atomic mass is 19.1. The molecule has 0 bridgehead atoms. The Morgan fingerprint density at radius 2 is 1.69 bits per heavy atom. The highest BCUT2D eigenvalue weighted by Gasteiger charge is 2.20. The van der Waals surface area contributed by atoms with Gasteiger partial charge < -0.3 is 19.3 Å². The molecule has 0 spiro atoms. The molecule has 8 heteroatoms. The highest BCUT2D eigenvalue weighted by molar-refractivity contribution is 5.97. The van der Waals surface area contributed by atoms with Gasteiger partial charge in [-0.3, -0.25) is 4.79 Å². The smallest absolute Gasteiger partial charge is 0.265 e. The Kier molecular flexibility index (Phi) is 6.12. The van der Waals surface area contributed by atoms with Crippen molar-refractivity contribution in [3.63, 3.8) is 0 Å². The molecule has 0 aliphatic carbocycles. The molecule has 1 atom stereocenters. The largest absolute Gasteiger partial charge is 0.493 e. The summed E-state index contributed by atoms with van der Waals surface area (Å²) in [5, 5.41) is 6.80. The number of ether oxygens (including phenoxy) is 2. The fourth-order valence-electron chi connectivity index (χ4n) is 3.02. The molecule has 0 aliphatic heterocycles. The molecular formula is C24H20FN3O4. The topological polar surface area (TPSA) is 86.5 Å². The number of hydrogen-bond acceptors (Lipinski definition) is 6. The van der Waals surface area contributed by atoms with Crippen molar-refractivity contribution < 1.29 is 23.2 Å². The van der Waals surface area contributed by atoms with Gasteiger partial charge in [0.15, 0.2) is 17.6 Å². The Morgan fingerprint density at radius 3 is 2.44 bits per heavy atom. The molecule has 4 aromatic rings. The van der Waals surface area contributed by atoms with Crippen LogP contribution < -0.4 is 14.8 Å². The number of methoxy groups -OCH3 is 1. The predicted octanol–water partition coefficient (Wildman–Crippen LogP) is 4.96. The van der Waals surface area contributed by atoms with E-state index < -0.39 is 6.10 Å². The van der Waals surface area contributed by atoms with Crippen molar-refractivity contribution in [3.05, 3.63) is 78.6 Å². The van der Waals surface area contributed by atoms with Crippen molar-refractivity contribution in [3.8, 4) is 34.3 Å². The van der Waals surface area contributed by atoms with Gasteiger partial charge in [-0.2, -0.15) is 4.98 Å². The van der Waals surface area contributed by atoms with Crippen LogP contribution in [0.15, 0.2) is 77.3 Å². The first kappa shape index (κ1) is 21.0. The third kappa shape index (κ3) is 4.59. The number of nitrogens with one attached hydrogen (secondary N) is 1.